The number of nitrogens with zero attached hydrogens (tertiary/aromatic N) is 1. The highest BCUT2D eigenvalue weighted by molar-refractivity contribution is 7.45. The van der Waals surface area contributed by atoms with E-state index in [1.54, 1.807) is 0 Å². The molecule has 0 aliphatic rings. The number of hydrogen-bond donors (Lipinski definition) is 2. The van der Waals surface area contributed by atoms with Gasteiger partial charge in [-0.25, -0.2) is 0 Å². The van der Waals surface area contributed by atoms with Gasteiger partial charge >= 0.3 is 0 Å². The monoisotopic (exact) mass is 947 g/mol. The largest absolute Gasteiger partial charge is 0.756 e. The van der Waals surface area contributed by atoms with Crippen LogP contribution in [0.1, 0.15) is 245 Å². The van der Waals surface area contributed by atoms with E-state index in [1.165, 1.54) is 148 Å². The van der Waals surface area contributed by atoms with E-state index in [0.717, 1.165) is 70.6 Å². The number of allylic oxidation sites excluding steroid dienone is 10. The Bertz CT molecular complexity index is 1260. The van der Waals surface area contributed by atoms with Crippen molar-refractivity contribution in [3.8, 4) is 0 Å². The molecular weight excluding hydrogens is 840 g/mol. The fraction of sp³-hybridized carbons (Fsp3) is 0.807. The summed E-state index contributed by atoms with van der Waals surface area (Å²) in [5, 5.41) is 13.9. The quantitative estimate of drug-likeness (QED) is 0.0272. The standard InChI is InChI=1S/C57H107N2O6P/c1-6-8-10-12-14-16-17-18-19-20-21-22-23-24-25-26-27-28-29-30-31-32-33-34-35-36-37-38-39-40-41-43-45-47-49-51-57(61)58-55(54-65-66(62,63)64-53-52-59(3,4)5)56(60)50-48-46-44-42-15-13-11-9-7-2/h8,10,14,16,18-19,21-22,24-25,55-56,60H,6-7,9,11-13,15,17,20,23,26-54H2,1-5H3,(H-,58,61,62,63)/b10-8-,16-14-,19-18-,22-21-,25-24-. The average Bonchev–Trinajstić information content (AvgIpc) is 3.28. The van der Waals surface area contributed by atoms with Gasteiger partial charge in [-0.05, 0) is 57.8 Å². The smallest absolute Gasteiger partial charge is 0.268 e. The molecule has 0 aromatic rings. The number of phosphoric ester groups is 1. The van der Waals surface area contributed by atoms with Crippen molar-refractivity contribution >= 4 is 13.7 Å². The minimum atomic E-state index is -4.56. The van der Waals surface area contributed by atoms with Crippen LogP contribution < -0.4 is 10.2 Å². The fourth-order valence-electron chi connectivity index (χ4n) is 7.95. The van der Waals surface area contributed by atoms with Gasteiger partial charge in [-0.15, -0.1) is 0 Å². The molecule has 0 saturated heterocycles. The molecule has 9 heteroatoms. The van der Waals surface area contributed by atoms with Gasteiger partial charge in [-0.1, -0.05) is 242 Å². The van der Waals surface area contributed by atoms with Crippen LogP contribution in [0, 0.1) is 0 Å². The molecule has 66 heavy (non-hydrogen) atoms. The summed E-state index contributed by atoms with van der Waals surface area (Å²) < 4.78 is 23.3. The van der Waals surface area contributed by atoms with Crippen LogP contribution in [0.2, 0.25) is 0 Å². The van der Waals surface area contributed by atoms with Gasteiger partial charge in [-0.2, -0.15) is 0 Å². The summed E-state index contributed by atoms with van der Waals surface area (Å²) in [7, 11) is 1.31. The maximum absolute atomic E-state index is 12.9. The highest BCUT2D eigenvalue weighted by Crippen LogP contribution is 2.38. The Kier molecular flexibility index (Phi) is 46.9. The first-order chi connectivity index (χ1) is 32.0. The molecule has 0 saturated carbocycles. The van der Waals surface area contributed by atoms with Crippen LogP contribution in [0.4, 0.5) is 0 Å². The summed E-state index contributed by atoms with van der Waals surface area (Å²) in [5.41, 5.74) is 0. The van der Waals surface area contributed by atoms with Gasteiger partial charge in [0.25, 0.3) is 7.82 Å². The van der Waals surface area contributed by atoms with E-state index in [2.05, 4.69) is 79.9 Å². The second kappa shape index (κ2) is 48.2. The third-order valence-electron chi connectivity index (χ3n) is 12.3. The van der Waals surface area contributed by atoms with Crippen molar-refractivity contribution < 1.29 is 32.9 Å². The molecule has 0 aromatic heterocycles. The second-order valence-corrected chi connectivity index (χ2v) is 21.3. The number of aliphatic hydroxyl groups excluding tert-OH is 1. The number of nitrogens with one attached hydrogen (secondary N) is 1. The van der Waals surface area contributed by atoms with Crippen LogP contribution in [0.15, 0.2) is 60.8 Å². The number of likely N-dealkylation sites (N-methyl/N-ethyl adjacent to an activating group) is 1. The molecule has 0 radical (unpaired) electrons. The number of hydrogen-bond acceptors (Lipinski definition) is 6. The molecule has 3 atom stereocenters. The average molecular weight is 947 g/mol. The maximum Gasteiger partial charge on any atom is 0.268 e. The van der Waals surface area contributed by atoms with Gasteiger partial charge in [0, 0.05) is 6.42 Å². The molecule has 3 unspecified atom stereocenters. The van der Waals surface area contributed by atoms with E-state index in [-0.39, 0.29) is 19.1 Å². The predicted molar refractivity (Wildman–Crippen MR) is 284 cm³/mol. The van der Waals surface area contributed by atoms with Crippen LogP contribution in [-0.4, -0.2) is 68.5 Å². The molecule has 0 bridgehead atoms. The molecule has 0 rings (SSSR count). The number of amides is 1. The third-order valence-corrected chi connectivity index (χ3v) is 13.2. The number of quaternary nitrogens is 1. The highest BCUT2D eigenvalue weighted by atomic mass is 31.2. The molecular formula is C57H107N2O6P. The lowest BCUT2D eigenvalue weighted by Gasteiger charge is -2.30. The van der Waals surface area contributed by atoms with E-state index in [1.807, 2.05) is 21.1 Å². The number of aliphatic hydroxyl groups is 1. The molecule has 0 fully saturated rings. The minimum Gasteiger partial charge on any atom is -0.756 e. The zero-order chi connectivity index (χ0) is 48.5. The summed E-state index contributed by atoms with van der Waals surface area (Å²) >= 11 is 0. The Morgan fingerprint density at radius 2 is 0.924 bits per heavy atom. The summed E-state index contributed by atoms with van der Waals surface area (Å²) in [6.07, 6.45) is 64.2. The summed E-state index contributed by atoms with van der Waals surface area (Å²) in [6, 6.07) is -0.798. The summed E-state index contributed by atoms with van der Waals surface area (Å²) in [5.74, 6) is -0.166. The van der Waals surface area contributed by atoms with Gasteiger partial charge in [0.15, 0.2) is 0 Å². The van der Waals surface area contributed by atoms with Crippen molar-refractivity contribution in [3.63, 3.8) is 0 Å². The first-order valence-electron chi connectivity index (χ1n) is 27.6. The van der Waals surface area contributed by atoms with E-state index in [9.17, 15) is 19.4 Å². The van der Waals surface area contributed by atoms with Crippen molar-refractivity contribution in [3.05, 3.63) is 60.8 Å². The normalized spacial score (nSPS) is 14.5. The van der Waals surface area contributed by atoms with Gasteiger partial charge < -0.3 is 28.8 Å². The summed E-state index contributed by atoms with van der Waals surface area (Å²) in [6.45, 7) is 4.59. The van der Waals surface area contributed by atoms with Crippen molar-refractivity contribution in [2.24, 2.45) is 0 Å². The zero-order valence-corrected chi connectivity index (χ0v) is 44.8. The van der Waals surface area contributed by atoms with Gasteiger partial charge in [0.2, 0.25) is 5.91 Å². The lowest BCUT2D eigenvalue weighted by molar-refractivity contribution is -0.870. The molecule has 0 spiro atoms. The lowest BCUT2D eigenvalue weighted by Crippen LogP contribution is -2.46. The van der Waals surface area contributed by atoms with Crippen LogP contribution in [0.25, 0.3) is 0 Å². The van der Waals surface area contributed by atoms with Crippen molar-refractivity contribution in [1.82, 2.24) is 5.32 Å². The van der Waals surface area contributed by atoms with Crippen molar-refractivity contribution in [2.75, 3.05) is 40.9 Å². The van der Waals surface area contributed by atoms with Crippen LogP contribution >= 0.6 is 7.82 Å². The van der Waals surface area contributed by atoms with Gasteiger partial charge in [-0.3, -0.25) is 9.36 Å². The number of phosphoric acid groups is 1. The Hall–Kier alpha value is -1.80. The van der Waals surface area contributed by atoms with Crippen LogP contribution in [-0.2, 0) is 18.4 Å². The van der Waals surface area contributed by atoms with Crippen LogP contribution in [0.3, 0.4) is 0 Å². The van der Waals surface area contributed by atoms with E-state index < -0.39 is 20.0 Å². The highest BCUT2D eigenvalue weighted by Gasteiger charge is 2.24. The van der Waals surface area contributed by atoms with Gasteiger partial charge in [0.05, 0.1) is 39.9 Å². The zero-order valence-electron chi connectivity index (χ0n) is 43.9. The molecule has 0 aliphatic carbocycles. The van der Waals surface area contributed by atoms with E-state index >= 15 is 0 Å². The van der Waals surface area contributed by atoms with Gasteiger partial charge in [0.1, 0.15) is 13.2 Å². The Morgan fingerprint density at radius 3 is 1.35 bits per heavy atom. The predicted octanol–water partition coefficient (Wildman–Crippen LogP) is 15.9. The molecule has 2 N–H and O–H groups in total. The Labute approximate surface area is 409 Å². The molecule has 0 aliphatic heterocycles. The Morgan fingerprint density at radius 1 is 0.545 bits per heavy atom. The minimum absolute atomic E-state index is 0.0120. The first-order valence-corrected chi connectivity index (χ1v) is 29.1. The second-order valence-electron chi connectivity index (χ2n) is 19.9. The third kappa shape index (κ3) is 50.1. The van der Waals surface area contributed by atoms with Crippen LogP contribution in [0.5, 0.6) is 0 Å². The topological polar surface area (TPSA) is 108 Å². The first kappa shape index (κ1) is 64.2. The fourth-order valence-corrected chi connectivity index (χ4v) is 8.67. The number of carbonyl (C=O) groups is 1. The molecule has 0 heterocycles. The molecule has 0 aromatic carbocycles. The maximum atomic E-state index is 12.9. The van der Waals surface area contributed by atoms with Crippen molar-refractivity contribution in [2.45, 2.75) is 257 Å². The Balaban J connectivity index is 3.90. The number of rotatable bonds is 50. The van der Waals surface area contributed by atoms with E-state index in [0.29, 0.717) is 23.9 Å². The lowest BCUT2D eigenvalue weighted by atomic mass is 10.0. The molecule has 386 valence electrons. The van der Waals surface area contributed by atoms with Crippen molar-refractivity contribution in [1.29, 1.82) is 0 Å². The SMILES string of the molecule is CC/C=C\C/C=C\C/C=C\C/C=C\C/C=C\CCCCCCCCCCCCCCCCCCCCCC(=O)NC(COP(=O)([O-])OCC[N+](C)(C)C)C(O)CCCCCCCCCCC. The number of carbonyl (C=O) groups excluding carboxylic acids is 1. The molecule has 8 nitrogen and oxygen atoms in total. The summed E-state index contributed by atoms with van der Waals surface area (Å²) in [4.78, 5) is 25.4. The molecule has 1 amide bonds. The van der Waals surface area contributed by atoms with E-state index in [4.69, 9.17) is 9.05 Å². The number of unbranched alkanes of at least 4 members (excludes halogenated alkanes) is 27.